The van der Waals surface area contributed by atoms with E-state index in [-0.39, 0.29) is 31.1 Å². The van der Waals surface area contributed by atoms with Crippen LogP contribution in [0.2, 0.25) is 0 Å². The second kappa shape index (κ2) is 12.5. The number of nitrogens with one attached hydrogen (secondary N) is 3. The normalized spacial score (nSPS) is 15.7. The van der Waals surface area contributed by atoms with Gasteiger partial charge in [0.15, 0.2) is 5.75 Å². The number of piperidine rings is 1. The highest BCUT2D eigenvalue weighted by Crippen LogP contribution is 2.40. The van der Waals surface area contributed by atoms with Gasteiger partial charge in [0.25, 0.3) is 0 Å². The van der Waals surface area contributed by atoms with Crippen LogP contribution in [0.4, 0.5) is 24.8 Å². The van der Waals surface area contributed by atoms with E-state index in [1.165, 1.54) is 6.07 Å². The van der Waals surface area contributed by atoms with Crippen LogP contribution in [-0.2, 0) is 10.0 Å². The molecule has 3 heterocycles. The topological polar surface area (TPSA) is 118 Å². The summed E-state index contributed by atoms with van der Waals surface area (Å²) in [6.45, 7) is 3.49. The average molecular weight is 607 g/mol. The van der Waals surface area contributed by atoms with Crippen molar-refractivity contribution in [2.24, 2.45) is 0 Å². The highest BCUT2D eigenvalue weighted by Gasteiger charge is 2.35. The Morgan fingerprint density at radius 2 is 1.85 bits per heavy atom. The quantitative estimate of drug-likeness (QED) is 0.245. The molecule has 218 valence electrons. The number of halogens is 3. The van der Waals surface area contributed by atoms with E-state index in [2.05, 4.69) is 30.3 Å². The van der Waals surface area contributed by atoms with Gasteiger partial charge in [-0.25, -0.2) is 23.4 Å². The molecule has 2 aromatic heterocycles. The largest absolute Gasteiger partial charge is 0.437 e. The molecule has 0 saturated carbocycles. The summed E-state index contributed by atoms with van der Waals surface area (Å²) in [6, 6.07) is 13.7. The van der Waals surface area contributed by atoms with Crippen molar-refractivity contribution in [2.75, 3.05) is 28.9 Å². The fraction of sp³-hybridized carbons (Fsp3) is 0.296. The first-order valence-corrected chi connectivity index (χ1v) is 14.3. The van der Waals surface area contributed by atoms with Gasteiger partial charge in [0, 0.05) is 35.8 Å². The predicted molar refractivity (Wildman–Crippen MR) is 157 cm³/mol. The Morgan fingerprint density at radius 1 is 1.07 bits per heavy atom. The fourth-order valence-corrected chi connectivity index (χ4v) is 5.63. The van der Waals surface area contributed by atoms with Crippen LogP contribution in [0.3, 0.4) is 0 Å². The number of ether oxygens (including phenoxy) is 1. The number of pyridine rings is 1. The predicted octanol–water partition coefficient (Wildman–Crippen LogP) is 5.37. The van der Waals surface area contributed by atoms with Gasteiger partial charge >= 0.3 is 6.18 Å². The second-order valence-corrected chi connectivity index (χ2v) is 11.2. The zero-order valence-electron chi connectivity index (χ0n) is 22.0. The van der Waals surface area contributed by atoms with E-state index in [4.69, 9.17) is 4.74 Å². The number of rotatable bonds is 8. The third kappa shape index (κ3) is 7.57. The summed E-state index contributed by atoms with van der Waals surface area (Å²) in [5.41, 5.74) is 1.71. The lowest BCUT2D eigenvalue weighted by Crippen LogP contribution is -2.38. The van der Waals surface area contributed by atoms with Crippen LogP contribution in [0.25, 0.3) is 22.0 Å². The van der Waals surface area contributed by atoms with Crippen LogP contribution >= 0.6 is 13.5 Å². The van der Waals surface area contributed by atoms with E-state index < -0.39 is 22.0 Å². The fourth-order valence-electron chi connectivity index (χ4n) is 4.63. The monoisotopic (exact) mass is 606 g/mol. The number of fused-ring (bicyclic) bond motifs is 1. The van der Waals surface area contributed by atoms with E-state index in [0.717, 1.165) is 25.9 Å². The first kappa shape index (κ1) is 30.3. The van der Waals surface area contributed by atoms with E-state index in [1.54, 1.807) is 55.7 Å². The minimum atomic E-state index is -4.88. The van der Waals surface area contributed by atoms with Crippen LogP contribution in [0.5, 0.6) is 11.6 Å². The zero-order valence-corrected chi connectivity index (χ0v) is 23.8. The number of benzene rings is 2. The maximum atomic E-state index is 12.8. The molecule has 1 saturated heterocycles. The Hall–Kier alpha value is -3.62. The van der Waals surface area contributed by atoms with Crippen molar-refractivity contribution in [1.82, 2.24) is 20.3 Å². The highest BCUT2D eigenvalue weighted by molar-refractivity contribution is 7.92. The average Bonchev–Trinajstić information content (AvgIpc) is 2.90. The van der Waals surface area contributed by atoms with Crippen molar-refractivity contribution in [3.05, 3.63) is 66.5 Å². The summed E-state index contributed by atoms with van der Waals surface area (Å²) < 4.78 is 71.2. The summed E-state index contributed by atoms with van der Waals surface area (Å²) in [4.78, 5) is 13.4. The first-order chi connectivity index (χ1) is 19.1. The number of sulfonamides is 1. The lowest BCUT2D eigenvalue weighted by molar-refractivity contribution is -0.106. The maximum Gasteiger partial charge on any atom is 0.404 e. The van der Waals surface area contributed by atoms with E-state index in [1.807, 2.05) is 6.07 Å². The molecule has 0 bridgehead atoms. The molecule has 0 aliphatic carbocycles. The van der Waals surface area contributed by atoms with Crippen molar-refractivity contribution >= 4 is 45.9 Å². The molecule has 1 aliphatic rings. The van der Waals surface area contributed by atoms with Gasteiger partial charge < -0.3 is 15.4 Å². The summed E-state index contributed by atoms with van der Waals surface area (Å²) in [7, 11) is -4.68. The molecule has 0 unspecified atom stereocenters. The SMILES string of the molecule is Cc1cc(NS(=O)(=O)CC(F)(F)F)c2ccccc2c1Oc1ncccc1-c1ccnc(N[C@H]2CCCNC2)n1.S. The maximum absolute atomic E-state index is 12.8. The van der Waals surface area contributed by atoms with Crippen LogP contribution in [0.1, 0.15) is 18.4 Å². The molecule has 3 N–H and O–H groups in total. The van der Waals surface area contributed by atoms with Crippen molar-refractivity contribution in [2.45, 2.75) is 32.0 Å². The first-order valence-electron chi connectivity index (χ1n) is 12.6. The Balaban J connectivity index is 0.00000387. The van der Waals surface area contributed by atoms with Crippen molar-refractivity contribution in [1.29, 1.82) is 0 Å². The molecule has 0 amide bonds. The van der Waals surface area contributed by atoms with Gasteiger partial charge in [0.1, 0.15) is 5.75 Å². The number of alkyl halides is 3. The molecule has 1 aliphatic heterocycles. The lowest BCUT2D eigenvalue weighted by atomic mass is 10.0. The molecule has 9 nitrogen and oxygen atoms in total. The van der Waals surface area contributed by atoms with Gasteiger partial charge in [-0.1, -0.05) is 24.3 Å². The van der Waals surface area contributed by atoms with E-state index in [9.17, 15) is 21.6 Å². The molecule has 0 radical (unpaired) electrons. The molecule has 14 heteroatoms. The Bertz CT molecular complexity index is 1630. The molecule has 0 spiro atoms. The standard InChI is InChI=1S/C27H27F3N6O3S.H2S/c1-17-14-23(36-40(37,38)16-27(28,29)30)19-7-2-3-8-20(19)24(17)39-25-21(9-5-12-32-25)22-10-13-33-26(35-22)34-18-6-4-11-31-15-18;/h2-3,5,7-10,12-14,18,31,36H,4,6,11,15-16H2,1H3,(H,33,34,35);1H2/t18-;/m0./s1. The number of nitrogens with zero attached hydrogens (tertiary/aromatic N) is 3. The second-order valence-electron chi connectivity index (χ2n) is 9.50. The van der Waals surface area contributed by atoms with Crippen molar-refractivity contribution in [3.63, 3.8) is 0 Å². The number of anilines is 2. The smallest absolute Gasteiger partial charge is 0.404 e. The van der Waals surface area contributed by atoms with Gasteiger partial charge in [-0.15, -0.1) is 0 Å². The Labute approximate surface area is 242 Å². The summed E-state index contributed by atoms with van der Waals surface area (Å²) in [6.07, 6.45) is 0.424. The van der Waals surface area contributed by atoms with Crippen LogP contribution < -0.4 is 20.1 Å². The molecular formula is C27H29F3N6O3S2. The minimum Gasteiger partial charge on any atom is -0.437 e. The van der Waals surface area contributed by atoms with Gasteiger partial charge in [0.05, 0.1) is 16.9 Å². The molecule has 4 aromatic rings. The van der Waals surface area contributed by atoms with E-state index >= 15 is 0 Å². The minimum absolute atomic E-state index is 0. The summed E-state index contributed by atoms with van der Waals surface area (Å²) in [5, 5.41) is 7.58. The lowest BCUT2D eigenvalue weighted by Gasteiger charge is -2.23. The number of hydrogen-bond donors (Lipinski definition) is 3. The number of aromatic nitrogens is 3. The molecule has 5 rings (SSSR count). The van der Waals surface area contributed by atoms with Crippen LogP contribution in [0, 0.1) is 6.92 Å². The number of aryl methyl sites for hydroxylation is 1. The molecule has 41 heavy (non-hydrogen) atoms. The number of hydrogen-bond acceptors (Lipinski definition) is 8. The van der Waals surface area contributed by atoms with E-state index in [0.29, 0.717) is 39.3 Å². The van der Waals surface area contributed by atoms with Crippen LogP contribution in [-0.4, -0.2) is 54.4 Å². The zero-order chi connectivity index (χ0) is 28.3. The molecule has 1 atom stereocenters. The Morgan fingerprint density at radius 3 is 2.59 bits per heavy atom. The third-order valence-corrected chi connectivity index (χ3v) is 7.57. The summed E-state index contributed by atoms with van der Waals surface area (Å²) in [5.74, 6) is -0.867. The van der Waals surface area contributed by atoms with Gasteiger partial charge in [-0.2, -0.15) is 26.7 Å². The third-order valence-electron chi connectivity index (χ3n) is 6.33. The van der Waals surface area contributed by atoms with Crippen LogP contribution in [0.15, 0.2) is 60.9 Å². The van der Waals surface area contributed by atoms with Gasteiger partial charge in [0.2, 0.25) is 21.9 Å². The molecule has 2 aromatic carbocycles. The molecular weight excluding hydrogens is 577 g/mol. The van der Waals surface area contributed by atoms with Crippen molar-refractivity contribution in [3.8, 4) is 22.9 Å². The van der Waals surface area contributed by atoms with Gasteiger partial charge in [-0.05, 0) is 56.1 Å². The Kier molecular flexibility index (Phi) is 9.24. The van der Waals surface area contributed by atoms with Gasteiger partial charge in [-0.3, -0.25) is 4.72 Å². The summed E-state index contributed by atoms with van der Waals surface area (Å²) >= 11 is 0. The van der Waals surface area contributed by atoms with Crippen molar-refractivity contribution < 1.29 is 26.3 Å². The highest BCUT2D eigenvalue weighted by atomic mass is 32.2. The molecule has 1 fully saturated rings.